The zero-order valence-corrected chi connectivity index (χ0v) is 17.4. The number of rotatable bonds is 5. The average Bonchev–Trinajstić information content (AvgIpc) is 3.18. The second-order valence-corrected chi connectivity index (χ2v) is 8.05. The Hall–Kier alpha value is -2.58. The lowest BCUT2D eigenvalue weighted by molar-refractivity contribution is -0.137. The predicted molar refractivity (Wildman–Crippen MR) is 113 cm³/mol. The Bertz CT molecular complexity index is 942. The number of ether oxygens (including phenoxy) is 1. The topological polar surface area (TPSA) is 44.8 Å². The molecule has 2 aromatic rings. The maximum Gasteiger partial charge on any atom is 0.416 e. The summed E-state index contributed by atoms with van der Waals surface area (Å²) in [6, 6.07) is 11.8. The van der Waals surface area contributed by atoms with Crippen LogP contribution in [0.2, 0.25) is 0 Å². The van der Waals surface area contributed by atoms with Crippen LogP contribution >= 0.6 is 0 Å². The number of nitrogens with one attached hydrogen (secondary N) is 1. The van der Waals surface area contributed by atoms with E-state index in [2.05, 4.69) is 17.4 Å². The minimum absolute atomic E-state index is 0.0950. The summed E-state index contributed by atoms with van der Waals surface area (Å²) in [6.45, 7) is 2.22. The number of amides is 1. The quantitative estimate of drug-likeness (QED) is 0.771. The molecule has 1 unspecified atom stereocenters. The zero-order valence-electron chi connectivity index (χ0n) is 17.4. The van der Waals surface area contributed by atoms with Gasteiger partial charge in [0.25, 0.3) is 0 Å². The number of carbonyl (C=O) groups excluding carboxylic acids is 1. The van der Waals surface area contributed by atoms with E-state index >= 15 is 0 Å². The first-order valence-corrected chi connectivity index (χ1v) is 10.4. The number of alkyl halides is 3. The fourth-order valence-electron chi connectivity index (χ4n) is 4.41. The van der Waals surface area contributed by atoms with Crippen LogP contribution in [0.4, 0.5) is 24.5 Å². The van der Waals surface area contributed by atoms with Crippen LogP contribution in [0.3, 0.4) is 0 Å². The van der Waals surface area contributed by atoms with Crippen molar-refractivity contribution in [1.82, 2.24) is 4.90 Å². The summed E-state index contributed by atoms with van der Waals surface area (Å²) in [5.74, 6) is -0.333. The van der Waals surface area contributed by atoms with Gasteiger partial charge >= 0.3 is 6.18 Å². The number of hydrogen-bond donors (Lipinski definition) is 1. The fourth-order valence-corrected chi connectivity index (χ4v) is 4.41. The van der Waals surface area contributed by atoms with E-state index in [0.29, 0.717) is 32.0 Å². The van der Waals surface area contributed by atoms with Gasteiger partial charge in [-0.3, -0.25) is 9.69 Å². The van der Waals surface area contributed by atoms with Crippen LogP contribution in [0, 0.1) is 0 Å². The van der Waals surface area contributed by atoms with Gasteiger partial charge in [0.05, 0.1) is 36.7 Å². The van der Waals surface area contributed by atoms with E-state index in [0.717, 1.165) is 25.0 Å². The highest BCUT2D eigenvalue weighted by Crippen LogP contribution is 2.37. The highest BCUT2D eigenvalue weighted by Gasteiger charge is 2.32. The summed E-state index contributed by atoms with van der Waals surface area (Å²) >= 11 is 0. The van der Waals surface area contributed by atoms with Gasteiger partial charge in [0.1, 0.15) is 0 Å². The number of anilines is 2. The van der Waals surface area contributed by atoms with Crippen molar-refractivity contribution < 1.29 is 22.7 Å². The lowest BCUT2D eigenvalue weighted by Gasteiger charge is -2.31. The maximum atomic E-state index is 13.3. The highest BCUT2D eigenvalue weighted by molar-refractivity contribution is 5.96. The number of aryl methyl sites for hydroxylation is 1. The molecule has 1 heterocycles. The number of hydrogen-bond acceptors (Lipinski definition) is 4. The minimum Gasteiger partial charge on any atom is -0.378 e. The Morgan fingerprint density at radius 2 is 1.94 bits per heavy atom. The standard InChI is InChI=1S/C23H26F3N3O2/c1-28(20-8-6-16-4-2-3-5-18(16)20)15-22(30)27-19-14-17(23(24,25)26)7-9-21(19)29-10-12-31-13-11-29/h2-5,7,9,14,20H,6,8,10-13,15H2,1H3,(H,27,30). The van der Waals surface area contributed by atoms with Crippen LogP contribution in [0.1, 0.15) is 29.2 Å². The second-order valence-electron chi connectivity index (χ2n) is 8.05. The van der Waals surface area contributed by atoms with Gasteiger partial charge in [0, 0.05) is 19.1 Å². The number of fused-ring (bicyclic) bond motifs is 1. The van der Waals surface area contributed by atoms with Crippen molar-refractivity contribution >= 4 is 17.3 Å². The number of likely N-dealkylation sites (N-methyl/N-ethyl adjacent to an activating group) is 1. The number of carbonyl (C=O) groups is 1. The van der Waals surface area contributed by atoms with E-state index in [1.54, 1.807) is 0 Å². The molecular weight excluding hydrogens is 407 g/mol. The molecule has 4 rings (SSSR count). The number of benzene rings is 2. The van der Waals surface area contributed by atoms with Crippen molar-refractivity contribution in [3.63, 3.8) is 0 Å². The first kappa shape index (κ1) is 21.6. The Kier molecular flexibility index (Phi) is 6.20. The van der Waals surface area contributed by atoms with Crippen molar-refractivity contribution in [3.05, 3.63) is 59.2 Å². The summed E-state index contributed by atoms with van der Waals surface area (Å²) in [5.41, 5.74) is 2.48. The fraction of sp³-hybridized carbons (Fsp3) is 0.435. The molecule has 0 radical (unpaired) electrons. The summed E-state index contributed by atoms with van der Waals surface area (Å²) < 4.78 is 45.2. The molecule has 0 spiro atoms. The third-order valence-electron chi connectivity index (χ3n) is 5.98. The Labute approximate surface area is 179 Å². The van der Waals surface area contributed by atoms with Gasteiger partial charge < -0.3 is 15.0 Å². The SMILES string of the molecule is CN(CC(=O)Nc1cc(C(F)(F)F)ccc1N1CCOCC1)C1CCc2ccccc21. The van der Waals surface area contributed by atoms with Crippen LogP contribution in [-0.2, 0) is 22.1 Å². The van der Waals surface area contributed by atoms with E-state index < -0.39 is 11.7 Å². The molecule has 1 fully saturated rings. The van der Waals surface area contributed by atoms with Gasteiger partial charge in [-0.1, -0.05) is 24.3 Å². The lowest BCUT2D eigenvalue weighted by atomic mass is 10.1. The molecule has 2 aromatic carbocycles. The van der Waals surface area contributed by atoms with Crippen LogP contribution in [0.25, 0.3) is 0 Å². The molecule has 1 aliphatic carbocycles. The van der Waals surface area contributed by atoms with Crippen LogP contribution in [0.15, 0.2) is 42.5 Å². The van der Waals surface area contributed by atoms with E-state index in [4.69, 9.17) is 4.74 Å². The Morgan fingerprint density at radius 3 is 2.68 bits per heavy atom. The van der Waals surface area contributed by atoms with Crippen molar-refractivity contribution in [2.75, 3.05) is 50.1 Å². The van der Waals surface area contributed by atoms with Gasteiger partial charge in [0.2, 0.25) is 5.91 Å². The van der Waals surface area contributed by atoms with Gasteiger partial charge in [-0.25, -0.2) is 0 Å². The second kappa shape index (κ2) is 8.88. The summed E-state index contributed by atoms with van der Waals surface area (Å²) in [5, 5.41) is 2.74. The van der Waals surface area contributed by atoms with Crippen LogP contribution < -0.4 is 10.2 Å². The van der Waals surface area contributed by atoms with Gasteiger partial charge in [0.15, 0.2) is 0 Å². The van der Waals surface area contributed by atoms with Gasteiger partial charge in [-0.2, -0.15) is 13.2 Å². The monoisotopic (exact) mass is 433 g/mol. The van der Waals surface area contributed by atoms with E-state index in [1.165, 1.54) is 17.2 Å². The molecule has 8 heteroatoms. The molecule has 1 amide bonds. The van der Waals surface area contributed by atoms with Crippen molar-refractivity contribution in [1.29, 1.82) is 0 Å². The first-order chi connectivity index (χ1) is 14.8. The molecule has 1 saturated heterocycles. The number of nitrogens with zero attached hydrogens (tertiary/aromatic N) is 2. The maximum absolute atomic E-state index is 13.3. The van der Waals surface area contributed by atoms with Crippen LogP contribution in [-0.4, -0.2) is 50.7 Å². The average molecular weight is 433 g/mol. The number of morpholine rings is 1. The first-order valence-electron chi connectivity index (χ1n) is 10.4. The summed E-state index contributed by atoms with van der Waals surface area (Å²) in [4.78, 5) is 16.7. The third-order valence-corrected chi connectivity index (χ3v) is 5.98. The van der Waals surface area contributed by atoms with Crippen LogP contribution in [0.5, 0.6) is 0 Å². The summed E-state index contributed by atoms with van der Waals surface area (Å²) in [7, 11) is 1.88. The molecule has 1 atom stereocenters. The Morgan fingerprint density at radius 1 is 1.19 bits per heavy atom. The minimum atomic E-state index is -4.48. The molecule has 5 nitrogen and oxygen atoms in total. The lowest BCUT2D eigenvalue weighted by Crippen LogP contribution is -2.37. The zero-order chi connectivity index (χ0) is 22.0. The van der Waals surface area contributed by atoms with E-state index in [-0.39, 0.29) is 24.2 Å². The molecular formula is C23H26F3N3O2. The molecule has 0 aromatic heterocycles. The van der Waals surface area contributed by atoms with Gasteiger partial charge in [-0.05, 0) is 49.2 Å². The van der Waals surface area contributed by atoms with Crippen molar-refractivity contribution in [2.45, 2.75) is 25.1 Å². The molecule has 31 heavy (non-hydrogen) atoms. The molecule has 0 saturated carbocycles. The predicted octanol–water partition coefficient (Wildman–Crippen LogP) is 4.10. The van der Waals surface area contributed by atoms with Crippen molar-refractivity contribution in [3.8, 4) is 0 Å². The van der Waals surface area contributed by atoms with Crippen molar-refractivity contribution in [2.24, 2.45) is 0 Å². The molecule has 166 valence electrons. The smallest absolute Gasteiger partial charge is 0.378 e. The normalized spacial score (nSPS) is 18.9. The third kappa shape index (κ3) is 4.85. The van der Waals surface area contributed by atoms with E-state index in [1.807, 2.05) is 29.0 Å². The molecule has 1 aliphatic heterocycles. The molecule has 0 bridgehead atoms. The molecule has 2 aliphatic rings. The van der Waals surface area contributed by atoms with E-state index in [9.17, 15) is 18.0 Å². The Balaban J connectivity index is 1.51. The summed E-state index contributed by atoms with van der Waals surface area (Å²) in [6.07, 6.45) is -2.60. The van der Waals surface area contributed by atoms with Gasteiger partial charge in [-0.15, -0.1) is 0 Å². The highest BCUT2D eigenvalue weighted by atomic mass is 19.4. The number of halogens is 3. The largest absolute Gasteiger partial charge is 0.416 e. The molecule has 1 N–H and O–H groups in total.